The minimum absolute atomic E-state index is 0.268. The second kappa shape index (κ2) is 4.48. The van der Waals surface area contributed by atoms with Crippen molar-refractivity contribution in [3.05, 3.63) is 33.9 Å². The first kappa shape index (κ1) is 13.1. The molecule has 0 unspecified atom stereocenters. The van der Waals surface area contributed by atoms with Crippen molar-refractivity contribution in [2.45, 2.75) is 13.8 Å². The topological polar surface area (TPSA) is 54.4 Å². The molecule has 1 radical (unpaired) electrons. The molecule has 1 aromatic carbocycles. The maximum atomic E-state index is 13.7. The summed E-state index contributed by atoms with van der Waals surface area (Å²) < 4.78 is 26.7. The molecule has 1 aromatic rings. The van der Waals surface area contributed by atoms with Crippen molar-refractivity contribution in [3.63, 3.8) is 0 Å². The Morgan fingerprint density at radius 1 is 1.06 bits per heavy atom. The quantitative estimate of drug-likeness (QED) is 0.832. The fourth-order valence-electron chi connectivity index (χ4n) is 1.42. The standard InChI is InChI=1S/C10H7F2O3Te/c1-3-5(9(13)14)7(11)4(2)6(8(3)12)10(15)16/h1-2H3,(H,13,14). The van der Waals surface area contributed by atoms with Crippen molar-refractivity contribution in [3.8, 4) is 0 Å². The number of carbonyl (C=O) groups excluding carboxylic acids is 1. The van der Waals surface area contributed by atoms with E-state index in [0.717, 1.165) is 29.2 Å². The van der Waals surface area contributed by atoms with Crippen LogP contribution in [0.25, 0.3) is 0 Å². The average Bonchev–Trinajstić information content (AvgIpc) is 2.14. The molecule has 6 heteroatoms. The van der Waals surface area contributed by atoms with Crippen LogP contribution in [0.3, 0.4) is 0 Å². The molecule has 0 saturated heterocycles. The Balaban J connectivity index is 3.77. The van der Waals surface area contributed by atoms with Crippen LogP contribution in [0, 0.1) is 25.5 Å². The summed E-state index contributed by atoms with van der Waals surface area (Å²) >= 11 is 1.03. The first-order valence-corrected chi connectivity index (χ1v) is 5.38. The van der Waals surface area contributed by atoms with E-state index in [2.05, 4.69) is 0 Å². The molecule has 16 heavy (non-hydrogen) atoms. The van der Waals surface area contributed by atoms with Gasteiger partial charge in [-0.1, -0.05) is 0 Å². The number of hydrogen-bond acceptors (Lipinski definition) is 2. The molecular formula is C10H7F2O3Te. The summed E-state index contributed by atoms with van der Waals surface area (Å²) in [5.74, 6) is -3.57. The average molecular weight is 341 g/mol. The van der Waals surface area contributed by atoms with Crippen molar-refractivity contribution in [1.29, 1.82) is 0 Å². The van der Waals surface area contributed by atoms with Gasteiger partial charge in [-0.2, -0.15) is 0 Å². The summed E-state index contributed by atoms with van der Waals surface area (Å²) in [4.78, 5) is 21.9. The van der Waals surface area contributed by atoms with Gasteiger partial charge in [-0.3, -0.25) is 0 Å². The van der Waals surface area contributed by atoms with E-state index in [0.29, 0.717) is 0 Å². The fraction of sp³-hybridized carbons (Fsp3) is 0.200. The molecule has 0 bridgehead atoms. The Morgan fingerprint density at radius 3 is 1.81 bits per heavy atom. The van der Waals surface area contributed by atoms with E-state index in [9.17, 15) is 18.4 Å². The molecule has 1 rings (SSSR count). The molecule has 0 amide bonds. The molecular weight excluding hydrogens is 334 g/mol. The molecule has 0 aliphatic carbocycles. The van der Waals surface area contributed by atoms with E-state index in [4.69, 9.17) is 5.11 Å². The SMILES string of the molecule is Cc1c(F)c(C(=O)[Te])c(C)c(F)c1C(=O)O. The van der Waals surface area contributed by atoms with Crippen LogP contribution < -0.4 is 0 Å². The van der Waals surface area contributed by atoms with Gasteiger partial charge in [0.05, 0.1) is 0 Å². The van der Waals surface area contributed by atoms with E-state index in [1.54, 1.807) is 0 Å². The summed E-state index contributed by atoms with van der Waals surface area (Å²) in [7, 11) is 0. The molecule has 3 nitrogen and oxygen atoms in total. The predicted molar refractivity (Wildman–Crippen MR) is 52.9 cm³/mol. The van der Waals surface area contributed by atoms with Gasteiger partial charge in [-0.15, -0.1) is 0 Å². The van der Waals surface area contributed by atoms with Gasteiger partial charge in [-0.25, -0.2) is 0 Å². The van der Waals surface area contributed by atoms with Crippen molar-refractivity contribution in [2.75, 3.05) is 0 Å². The van der Waals surface area contributed by atoms with Gasteiger partial charge in [0.2, 0.25) is 0 Å². The van der Waals surface area contributed by atoms with Gasteiger partial charge in [0.1, 0.15) is 0 Å². The van der Waals surface area contributed by atoms with Crippen molar-refractivity contribution in [1.82, 2.24) is 0 Å². The Bertz CT molecular complexity index is 423. The van der Waals surface area contributed by atoms with E-state index < -0.39 is 27.0 Å². The van der Waals surface area contributed by atoms with Crippen LogP contribution in [-0.4, -0.2) is 37.2 Å². The van der Waals surface area contributed by atoms with Gasteiger partial charge < -0.3 is 0 Å². The van der Waals surface area contributed by atoms with E-state index in [1.165, 1.54) is 6.92 Å². The van der Waals surface area contributed by atoms with Crippen LogP contribution in [0.4, 0.5) is 8.78 Å². The second-order valence-electron chi connectivity index (χ2n) is 3.22. The number of carboxylic acids is 1. The first-order valence-electron chi connectivity index (χ1n) is 4.21. The van der Waals surface area contributed by atoms with Gasteiger partial charge in [0, 0.05) is 0 Å². The zero-order valence-corrected chi connectivity index (χ0v) is 10.8. The molecule has 0 aliphatic heterocycles. The van der Waals surface area contributed by atoms with Crippen LogP contribution in [0.1, 0.15) is 31.8 Å². The molecule has 0 atom stereocenters. The molecule has 0 fully saturated rings. The predicted octanol–water partition coefficient (Wildman–Crippen LogP) is 1.59. The zero-order valence-electron chi connectivity index (χ0n) is 8.43. The number of rotatable bonds is 2. The summed E-state index contributed by atoms with van der Waals surface area (Å²) in [6, 6.07) is 0. The van der Waals surface area contributed by atoms with Gasteiger partial charge in [-0.05, 0) is 0 Å². The number of aromatic carboxylic acids is 1. The Hall–Kier alpha value is -0.990. The maximum absolute atomic E-state index is 13.7. The molecule has 85 valence electrons. The Kier molecular flexibility index (Phi) is 3.66. The van der Waals surface area contributed by atoms with Crippen LogP contribution in [0.15, 0.2) is 0 Å². The fourth-order valence-corrected chi connectivity index (χ4v) is 2.11. The third-order valence-corrected chi connectivity index (χ3v) is 2.85. The normalized spacial score (nSPS) is 10.2. The van der Waals surface area contributed by atoms with Crippen molar-refractivity contribution in [2.24, 2.45) is 0 Å². The Morgan fingerprint density at radius 2 is 1.44 bits per heavy atom. The van der Waals surface area contributed by atoms with Gasteiger partial charge in [0.25, 0.3) is 0 Å². The van der Waals surface area contributed by atoms with Crippen LogP contribution >= 0.6 is 0 Å². The van der Waals surface area contributed by atoms with Gasteiger partial charge in [0.15, 0.2) is 0 Å². The van der Waals surface area contributed by atoms with E-state index in [1.807, 2.05) is 0 Å². The van der Waals surface area contributed by atoms with Crippen LogP contribution in [-0.2, 0) is 0 Å². The monoisotopic (exact) mass is 343 g/mol. The molecule has 0 aliphatic rings. The third kappa shape index (κ3) is 1.95. The Labute approximate surface area is 103 Å². The third-order valence-electron chi connectivity index (χ3n) is 2.27. The van der Waals surface area contributed by atoms with Gasteiger partial charge >= 0.3 is 103 Å². The number of hydrogen-bond donors (Lipinski definition) is 1. The second-order valence-corrected chi connectivity index (χ2v) is 4.28. The summed E-state index contributed by atoms with van der Waals surface area (Å²) in [6.45, 7) is 2.32. The summed E-state index contributed by atoms with van der Waals surface area (Å²) in [5.41, 5.74) is -1.73. The molecule has 0 aromatic heterocycles. The minimum atomic E-state index is -1.55. The van der Waals surface area contributed by atoms with Crippen LogP contribution in [0.5, 0.6) is 0 Å². The van der Waals surface area contributed by atoms with Crippen molar-refractivity contribution < 1.29 is 23.5 Å². The molecule has 1 N–H and O–H groups in total. The van der Waals surface area contributed by atoms with E-state index >= 15 is 0 Å². The number of carbonyl (C=O) groups is 2. The number of halogens is 2. The van der Waals surface area contributed by atoms with Crippen LogP contribution in [0.2, 0.25) is 0 Å². The summed E-state index contributed by atoms with van der Waals surface area (Å²) in [5, 5.41) is 8.73. The molecule has 0 spiro atoms. The van der Waals surface area contributed by atoms with Crippen molar-refractivity contribution >= 4 is 32.1 Å². The molecule has 0 heterocycles. The number of carboxylic acid groups (broad SMARTS) is 1. The molecule has 0 saturated carbocycles. The summed E-state index contributed by atoms with van der Waals surface area (Å²) in [6.07, 6.45) is 0. The van der Waals surface area contributed by atoms with E-state index in [-0.39, 0.29) is 16.7 Å². The number of benzene rings is 1. The zero-order chi connectivity index (χ0) is 12.6. The first-order chi connectivity index (χ1) is 7.29.